The summed E-state index contributed by atoms with van der Waals surface area (Å²) >= 11 is 6.53. The van der Waals surface area contributed by atoms with Crippen LogP contribution in [0, 0.1) is 0 Å². The molecule has 0 aliphatic carbocycles. The summed E-state index contributed by atoms with van der Waals surface area (Å²) in [7, 11) is 1.49. The molecule has 1 aliphatic rings. The number of primary amides is 1. The number of furan rings is 1. The van der Waals surface area contributed by atoms with Crippen molar-refractivity contribution in [2.75, 3.05) is 13.7 Å². The van der Waals surface area contributed by atoms with E-state index >= 15 is 0 Å². The number of hydrogen-bond acceptors (Lipinski definition) is 7. The Morgan fingerprint density at radius 3 is 2.85 bits per heavy atom. The summed E-state index contributed by atoms with van der Waals surface area (Å²) in [6, 6.07) is 8.65. The Hall–Kier alpha value is -2.78. The molecule has 27 heavy (non-hydrogen) atoms. The van der Waals surface area contributed by atoms with E-state index < -0.39 is 5.91 Å². The van der Waals surface area contributed by atoms with E-state index in [2.05, 4.69) is 0 Å². The Bertz CT molecular complexity index is 908. The van der Waals surface area contributed by atoms with Crippen LogP contribution in [0.25, 0.3) is 6.08 Å². The Morgan fingerprint density at radius 2 is 2.19 bits per heavy atom. The number of thiocarbonyl (C=S) groups is 1. The molecule has 2 aromatic rings. The highest BCUT2D eigenvalue weighted by Gasteiger charge is 2.32. The number of methoxy groups -OCH3 is 1. The van der Waals surface area contributed by atoms with Gasteiger partial charge in [-0.05, 0) is 35.9 Å². The molecule has 0 bridgehead atoms. The summed E-state index contributed by atoms with van der Waals surface area (Å²) in [6.07, 6.45) is 3.28. The standard InChI is InChI=1S/C18H16N2O5S2/c1-23-14-7-11(4-5-13(14)25-10-16(19)21)8-15-17(22)20(18(26)27-15)9-12-3-2-6-24-12/h2-8H,9-10H2,1H3,(H2,19,21). The average molecular weight is 404 g/mol. The SMILES string of the molecule is COc1cc(C=C2SC(=S)N(Cc3ccco3)C2=O)ccc1OCC(N)=O. The number of rotatable bonds is 7. The topological polar surface area (TPSA) is 95.0 Å². The maximum atomic E-state index is 12.6. The van der Waals surface area contributed by atoms with Crippen LogP contribution in [-0.2, 0) is 16.1 Å². The van der Waals surface area contributed by atoms with Gasteiger partial charge >= 0.3 is 0 Å². The number of thioether (sulfide) groups is 1. The molecule has 1 aromatic carbocycles. The second kappa shape index (κ2) is 8.28. The van der Waals surface area contributed by atoms with Crippen molar-refractivity contribution in [1.82, 2.24) is 4.90 Å². The maximum absolute atomic E-state index is 12.6. The minimum Gasteiger partial charge on any atom is -0.493 e. The molecule has 140 valence electrons. The molecule has 1 saturated heterocycles. The van der Waals surface area contributed by atoms with Gasteiger partial charge in [-0.25, -0.2) is 0 Å². The van der Waals surface area contributed by atoms with E-state index in [1.807, 2.05) is 0 Å². The van der Waals surface area contributed by atoms with Gasteiger partial charge in [0.2, 0.25) is 0 Å². The van der Waals surface area contributed by atoms with E-state index in [9.17, 15) is 9.59 Å². The summed E-state index contributed by atoms with van der Waals surface area (Å²) in [6.45, 7) is 0.0410. The summed E-state index contributed by atoms with van der Waals surface area (Å²) < 4.78 is 16.3. The molecule has 3 rings (SSSR count). The largest absolute Gasteiger partial charge is 0.493 e. The minimum absolute atomic E-state index is 0.186. The molecule has 0 unspecified atom stereocenters. The van der Waals surface area contributed by atoms with E-state index in [0.717, 1.165) is 5.56 Å². The third kappa shape index (κ3) is 4.50. The van der Waals surface area contributed by atoms with Crippen molar-refractivity contribution in [1.29, 1.82) is 0 Å². The first-order valence-corrected chi connectivity index (χ1v) is 9.07. The van der Waals surface area contributed by atoms with Gasteiger partial charge in [0.25, 0.3) is 11.8 Å². The Labute approximate surface area is 165 Å². The van der Waals surface area contributed by atoms with Crippen molar-refractivity contribution in [3.8, 4) is 11.5 Å². The highest BCUT2D eigenvalue weighted by Crippen LogP contribution is 2.35. The van der Waals surface area contributed by atoms with Crippen LogP contribution in [0.1, 0.15) is 11.3 Å². The van der Waals surface area contributed by atoms with Crippen molar-refractivity contribution in [3.63, 3.8) is 0 Å². The molecule has 0 radical (unpaired) electrons. The zero-order chi connectivity index (χ0) is 19.4. The second-order valence-electron chi connectivity index (χ2n) is 5.51. The summed E-state index contributed by atoms with van der Waals surface area (Å²) in [5, 5.41) is 0. The number of nitrogens with zero attached hydrogens (tertiary/aromatic N) is 1. The van der Waals surface area contributed by atoms with Gasteiger partial charge in [0.15, 0.2) is 18.1 Å². The zero-order valence-corrected chi connectivity index (χ0v) is 16.0. The lowest BCUT2D eigenvalue weighted by Crippen LogP contribution is -2.27. The van der Waals surface area contributed by atoms with Gasteiger partial charge in [-0.2, -0.15) is 0 Å². The minimum atomic E-state index is -0.582. The highest BCUT2D eigenvalue weighted by molar-refractivity contribution is 8.26. The van der Waals surface area contributed by atoms with Gasteiger partial charge < -0.3 is 19.6 Å². The number of ether oxygens (including phenoxy) is 2. The molecule has 1 fully saturated rings. The first-order valence-electron chi connectivity index (χ1n) is 7.85. The zero-order valence-electron chi connectivity index (χ0n) is 14.3. The highest BCUT2D eigenvalue weighted by atomic mass is 32.2. The van der Waals surface area contributed by atoms with Crippen LogP contribution in [0.4, 0.5) is 0 Å². The van der Waals surface area contributed by atoms with Crippen LogP contribution in [0.15, 0.2) is 45.9 Å². The molecule has 9 heteroatoms. The van der Waals surface area contributed by atoms with Crippen LogP contribution in [-0.4, -0.2) is 34.8 Å². The van der Waals surface area contributed by atoms with Crippen LogP contribution in [0.3, 0.4) is 0 Å². The van der Waals surface area contributed by atoms with E-state index in [-0.39, 0.29) is 19.1 Å². The molecular formula is C18H16N2O5S2. The number of amides is 2. The van der Waals surface area contributed by atoms with Crippen molar-refractivity contribution in [2.45, 2.75) is 6.54 Å². The monoisotopic (exact) mass is 404 g/mol. The number of carbonyl (C=O) groups is 2. The van der Waals surface area contributed by atoms with Crippen molar-refractivity contribution in [3.05, 3.63) is 52.8 Å². The van der Waals surface area contributed by atoms with Gasteiger partial charge in [-0.15, -0.1) is 0 Å². The van der Waals surface area contributed by atoms with Crippen LogP contribution < -0.4 is 15.2 Å². The van der Waals surface area contributed by atoms with Crippen LogP contribution in [0.2, 0.25) is 0 Å². The lowest BCUT2D eigenvalue weighted by Gasteiger charge is -2.12. The lowest BCUT2D eigenvalue weighted by molar-refractivity contribution is -0.122. The third-order valence-corrected chi connectivity index (χ3v) is 5.00. The molecule has 0 saturated carbocycles. The molecule has 0 spiro atoms. The van der Waals surface area contributed by atoms with Crippen LogP contribution >= 0.6 is 24.0 Å². The molecule has 1 aliphatic heterocycles. The molecule has 1 aromatic heterocycles. The fraction of sp³-hybridized carbons (Fsp3) is 0.167. The smallest absolute Gasteiger partial charge is 0.266 e. The summed E-state index contributed by atoms with van der Waals surface area (Å²) in [5.41, 5.74) is 5.82. The van der Waals surface area contributed by atoms with Gasteiger partial charge in [0, 0.05) is 0 Å². The molecule has 2 amide bonds. The van der Waals surface area contributed by atoms with E-state index in [1.165, 1.54) is 23.8 Å². The number of carbonyl (C=O) groups excluding carboxylic acids is 2. The molecular weight excluding hydrogens is 388 g/mol. The molecule has 2 N–H and O–H groups in total. The third-order valence-electron chi connectivity index (χ3n) is 3.62. The number of nitrogens with two attached hydrogens (primary N) is 1. The average Bonchev–Trinajstić information content (AvgIpc) is 3.24. The molecule has 2 heterocycles. The quantitative estimate of drug-likeness (QED) is 0.560. The van der Waals surface area contributed by atoms with Gasteiger partial charge in [-0.3, -0.25) is 14.5 Å². The summed E-state index contributed by atoms with van der Waals surface area (Å²) in [5.74, 6) is 0.704. The second-order valence-corrected chi connectivity index (χ2v) is 7.19. The normalized spacial score (nSPS) is 15.4. The van der Waals surface area contributed by atoms with Gasteiger partial charge in [-0.1, -0.05) is 30.0 Å². The maximum Gasteiger partial charge on any atom is 0.266 e. The lowest BCUT2D eigenvalue weighted by atomic mass is 10.2. The first kappa shape index (κ1) is 19.0. The Kier molecular flexibility index (Phi) is 5.82. The van der Waals surface area contributed by atoms with Crippen LogP contribution in [0.5, 0.6) is 11.5 Å². The van der Waals surface area contributed by atoms with Crippen molar-refractivity contribution < 1.29 is 23.5 Å². The van der Waals surface area contributed by atoms with E-state index in [1.54, 1.807) is 42.7 Å². The molecule has 7 nitrogen and oxygen atoms in total. The number of hydrogen-bond donors (Lipinski definition) is 1. The number of benzene rings is 1. The fourth-order valence-electron chi connectivity index (χ4n) is 2.39. The summed E-state index contributed by atoms with van der Waals surface area (Å²) in [4.78, 5) is 25.5. The fourth-order valence-corrected chi connectivity index (χ4v) is 3.64. The van der Waals surface area contributed by atoms with E-state index in [4.69, 9.17) is 31.8 Å². The van der Waals surface area contributed by atoms with E-state index in [0.29, 0.717) is 26.5 Å². The van der Waals surface area contributed by atoms with Crippen molar-refractivity contribution in [2.24, 2.45) is 5.73 Å². The van der Waals surface area contributed by atoms with Gasteiger partial charge in [0.05, 0.1) is 24.8 Å². The Balaban J connectivity index is 1.78. The van der Waals surface area contributed by atoms with Gasteiger partial charge in [0.1, 0.15) is 10.1 Å². The van der Waals surface area contributed by atoms with Crippen molar-refractivity contribution >= 4 is 46.2 Å². The predicted molar refractivity (Wildman–Crippen MR) is 105 cm³/mol. The predicted octanol–water partition coefficient (Wildman–Crippen LogP) is 2.55. The Morgan fingerprint density at radius 1 is 1.37 bits per heavy atom. The molecule has 0 atom stereocenters. The first-order chi connectivity index (χ1) is 13.0.